The number of benzene rings is 2. The van der Waals surface area contributed by atoms with Crippen LogP contribution in [0.1, 0.15) is 24.2 Å². The Morgan fingerprint density at radius 3 is 2.36 bits per heavy atom. The Morgan fingerprint density at radius 2 is 1.75 bits per heavy atom. The van der Waals surface area contributed by atoms with Gasteiger partial charge in [-0.2, -0.15) is 0 Å². The molecule has 2 rings (SSSR count). The summed E-state index contributed by atoms with van der Waals surface area (Å²) in [7, 11) is -3.89. The van der Waals surface area contributed by atoms with Gasteiger partial charge in [0, 0.05) is 16.8 Å². The third-order valence-corrected chi connectivity index (χ3v) is 5.33. The lowest BCUT2D eigenvalue weighted by atomic mass is 10.2. The van der Waals surface area contributed by atoms with E-state index in [1.807, 2.05) is 0 Å². The number of halogens is 2. The number of amides is 2. The van der Waals surface area contributed by atoms with Crippen LogP contribution in [0.15, 0.2) is 47.4 Å². The van der Waals surface area contributed by atoms with Crippen molar-refractivity contribution in [2.24, 2.45) is 0 Å². The smallest absolute Gasteiger partial charge is 0.254 e. The van der Waals surface area contributed by atoms with Gasteiger partial charge in [-0.25, -0.2) is 17.5 Å². The highest BCUT2D eigenvalue weighted by Crippen LogP contribution is 2.16. The van der Waals surface area contributed by atoms with E-state index in [4.69, 9.17) is 11.6 Å². The van der Waals surface area contributed by atoms with Crippen molar-refractivity contribution in [3.05, 3.63) is 58.9 Å². The van der Waals surface area contributed by atoms with Crippen molar-refractivity contribution >= 4 is 39.1 Å². The topological polar surface area (TPSA) is 104 Å². The molecule has 10 heteroatoms. The Hall–Kier alpha value is -2.49. The second-order valence-corrected chi connectivity index (χ2v) is 8.31. The van der Waals surface area contributed by atoms with Gasteiger partial charge in [0.05, 0.1) is 17.0 Å². The highest BCUT2D eigenvalue weighted by Gasteiger charge is 2.20. The van der Waals surface area contributed by atoms with Crippen LogP contribution >= 0.6 is 11.6 Å². The van der Waals surface area contributed by atoms with Crippen molar-refractivity contribution < 1.29 is 22.4 Å². The molecule has 0 saturated heterocycles. The average Bonchev–Trinajstić information content (AvgIpc) is 2.61. The highest BCUT2D eigenvalue weighted by atomic mass is 35.5. The molecule has 0 heterocycles. The largest absolute Gasteiger partial charge is 0.343 e. The molecule has 7 nitrogen and oxygen atoms in total. The number of carbonyl (C=O) groups is 2. The Labute approximate surface area is 167 Å². The first-order chi connectivity index (χ1) is 13.1. The molecule has 0 saturated carbocycles. The zero-order valence-corrected chi connectivity index (χ0v) is 16.7. The van der Waals surface area contributed by atoms with Crippen LogP contribution in [0.5, 0.6) is 0 Å². The van der Waals surface area contributed by atoms with Crippen LogP contribution < -0.4 is 15.4 Å². The van der Waals surface area contributed by atoms with E-state index in [0.29, 0.717) is 10.7 Å². The van der Waals surface area contributed by atoms with Gasteiger partial charge < -0.3 is 10.6 Å². The number of carbonyl (C=O) groups excluding carboxylic acids is 2. The van der Waals surface area contributed by atoms with E-state index in [1.54, 1.807) is 38.1 Å². The second kappa shape index (κ2) is 9.13. The van der Waals surface area contributed by atoms with E-state index in [-0.39, 0.29) is 10.9 Å². The predicted molar refractivity (Wildman–Crippen MR) is 104 cm³/mol. The minimum atomic E-state index is -3.89. The molecule has 150 valence electrons. The summed E-state index contributed by atoms with van der Waals surface area (Å²) >= 11 is 5.75. The van der Waals surface area contributed by atoms with Crippen LogP contribution in [0.3, 0.4) is 0 Å². The standard InChI is InChI=1S/C18H19ClFN3O4S/c1-11(2)23-28(26,27)14-7-8-16(20)15(9-14)18(25)21-10-17(24)22-13-5-3-12(19)4-6-13/h3-9,11,23H,10H2,1-2H3,(H,21,25)(H,22,24). The summed E-state index contributed by atoms with van der Waals surface area (Å²) in [4.78, 5) is 23.9. The number of sulfonamides is 1. The van der Waals surface area contributed by atoms with E-state index in [2.05, 4.69) is 15.4 Å². The first-order valence-corrected chi connectivity index (χ1v) is 10.1. The summed E-state index contributed by atoms with van der Waals surface area (Å²) in [6.45, 7) is 2.84. The van der Waals surface area contributed by atoms with Gasteiger partial charge in [0.25, 0.3) is 5.91 Å². The Morgan fingerprint density at radius 1 is 1.11 bits per heavy atom. The zero-order valence-electron chi connectivity index (χ0n) is 15.1. The fourth-order valence-electron chi connectivity index (χ4n) is 2.22. The first-order valence-electron chi connectivity index (χ1n) is 8.24. The maximum Gasteiger partial charge on any atom is 0.254 e. The Bertz CT molecular complexity index is 979. The van der Waals surface area contributed by atoms with Gasteiger partial charge in [-0.05, 0) is 56.3 Å². The molecule has 3 N–H and O–H groups in total. The van der Waals surface area contributed by atoms with Crippen LogP contribution in [0.4, 0.5) is 10.1 Å². The van der Waals surface area contributed by atoms with Crippen LogP contribution in [-0.4, -0.2) is 32.8 Å². The molecule has 0 bridgehead atoms. The van der Waals surface area contributed by atoms with Gasteiger partial charge >= 0.3 is 0 Å². The lowest BCUT2D eigenvalue weighted by molar-refractivity contribution is -0.115. The molecule has 2 amide bonds. The number of rotatable bonds is 7. The summed E-state index contributed by atoms with van der Waals surface area (Å²) < 4.78 is 40.7. The third-order valence-electron chi connectivity index (χ3n) is 3.42. The number of nitrogens with one attached hydrogen (secondary N) is 3. The van der Waals surface area contributed by atoms with Gasteiger partial charge in [0.15, 0.2) is 0 Å². The van der Waals surface area contributed by atoms with Gasteiger partial charge in [0.2, 0.25) is 15.9 Å². The molecule has 0 aromatic heterocycles. The monoisotopic (exact) mass is 427 g/mol. The van der Waals surface area contributed by atoms with Gasteiger partial charge in [-0.15, -0.1) is 0 Å². The summed E-state index contributed by atoms with van der Waals surface area (Å²) in [5.41, 5.74) is -0.00592. The SMILES string of the molecule is CC(C)NS(=O)(=O)c1ccc(F)c(C(=O)NCC(=O)Nc2ccc(Cl)cc2)c1. The minimum absolute atomic E-state index is 0.252. The molecule has 0 atom stereocenters. The number of hydrogen-bond donors (Lipinski definition) is 3. The van der Waals surface area contributed by atoms with Crippen molar-refractivity contribution in [2.45, 2.75) is 24.8 Å². The van der Waals surface area contributed by atoms with Gasteiger partial charge in [-0.1, -0.05) is 11.6 Å². The van der Waals surface area contributed by atoms with Crippen molar-refractivity contribution in [3.8, 4) is 0 Å². The van der Waals surface area contributed by atoms with E-state index in [9.17, 15) is 22.4 Å². The van der Waals surface area contributed by atoms with Crippen molar-refractivity contribution in [2.75, 3.05) is 11.9 Å². The Kier molecular flexibility index (Phi) is 7.11. The Balaban J connectivity index is 2.06. The van der Waals surface area contributed by atoms with Crippen molar-refractivity contribution in [1.82, 2.24) is 10.0 Å². The summed E-state index contributed by atoms with van der Waals surface area (Å²) in [5, 5.41) is 5.30. The lowest BCUT2D eigenvalue weighted by Crippen LogP contribution is -2.34. The molecule has 28 heavy (non-hydrogen) atoms. The lowest BCUT2D eigenvalue weighted by Gasteiger charge is -2.11. The van der Waals surface area contributed by atoms with E-state index in [0.717, 1.165) is 18.2 Å². The molecule has 0 spiro atoms. The molecular formula is C18H19ClFN3O4S. The fourth-order valence-corrected chi connectivity index (χ4v) is 3.62. The molecule has 0 fully saturated rings. The molecular weight excluding hydrogens is 409 g/mol. The maximum atomic E-state index is 14.0. The first kappa shape index (κ1) is 21.8. The summed E-state index contributed by atoms with van der Waals surface area (Å²) in [6, 6.07) is 8.83. The van der Waals surface area contributed by atoms with Crippen molar-refractivity contribution in [3.63, 3.8) is 0 Å². The zero-order chi connectivity index (χ0) is 20.9. The number of anilines is 1. The normalized spacial score (nSPS) is 11.3. The van der Waals surface area contributed by atoms with Gasteiger partial charge in [0.1, 0.15) is 5.82 Å². The van der Waals surface area contributed by atoms with E-state index in [1.165, 1.54) is 0 Å². The minimum Gasteiger partial charge on any atom is -0.343 e. The molecule has 0 unspecified atom stereocenters. The predicted octanol–water partition coefficient (Wildman–Crippen LogP) is 2.53. The van der Waals surface area contributed by atoms with Crippen LogP contribution in [-0.2, 0) is 14.8 Å². The quantitative estimate of drug-likeness (QED) is 0.631. The molecule has 0 aliphatic heterocycles. The fraction of sp³-hybridized carbons (Fsp3) is 0.222. The molecule has 0 radical (unpaired) electrons. The number of hydrogen-bond acceptors (Lipinski definition) is 4. The summed E-state index contributed by atoms with van der Waals surface area (Å²) in [5.74, 6) is -2.36. The van der Waals surface area contributed by atoms with Crippen LogP contribution in [0.2, 0.25) is 5.02 Å². The van der Waals surface area contributed by atoms with Crippen molar-refractivity contribution in [1.29, 1.82) is 0 Å². The molecule has 0 aliphatic carbocycles. The van der Waals surface area contributed by atoms with E-state index >= 15 is 0 Å². The molecule has 0 aliphatic rings. The molecule has 2 aromatic rings. The van der Waals surface area contributed by atoms with E-state index < -0.39 is 39.8 Å². The average molecular weight is 428 g/mol. The molecule has 2 aromatic carbocycles. The second-order valence-electron chi connectivity index (χ2n) is 6.16. The van der Waals surface area contributed by atoms with Crippen LogP contribution in [0.25, 0.3) is 0 Å². The van der Waals surface area contributed by atoms with Gasteiger partial charge in [-0.3, -0.25) is 9.59 Å². The highest BCUT2D eigenvalue weighted by molar-refractivity contribution is 7.89. The third kappa shape index (κ3) is 6.01. The summed E-state index contributed by atoms with van der Waals surface area (Å²) in [6.07, 6.45) is 0. The maximum absolute atomic E-state index is 14.0. The van der Waals surface area contributed by atoms with Crippen LogP contribution in [0, 0.1) is 5.82 Å².